The van der Waals surface area contributed by atoms with Crippen molar-refractivity contribution in [2.45, 2.75) is 5.41 Å². The summed E-state index contributed by atoms with van der Waals surface area (Å²) in [6.07, 6.45) is 3.74. The summed E-state index contributed by atoms with van der Waals surface area (Å²) in [6, 6.07) is 55.2. The van der Waals surface area contributed by atoms with Gasteiger partial charge in [0.15, 0.2) is 11.5 Å². The van der Waals surface area contributed by atoms with Crippen LogP contribution in [0, 0.1) is 0 Å². The molecule has 0 saturated carbocycles. The lowest BCUT2D eigenvalue weighted by Crippen LogP contribution is -2.34. The number of hydrogen-bond donors (Lipinski definition) is 0. The molecule has 0 saturated heterocycles. The minimum Gasteiger partial charge on any atom is -0.457 e. The van der Waals surface area contributed by atoms with Crippen molar-refractivity contribution in [1.82, 2.24) is 14.5 Å². The van der Waals surface area contributed by atoms with Crippen LogP contribution in [-0.2, 0) is 5.41 Å². The van der Waals surface area contributed by atoms with E-state index in [0.717, 1.165) is 90.4 Å². The number of para-hydroxylation sites is 6. The summed E-state index contributed by atoms with van der Waals surface area (Å²) >= 11 is 0. The maximum absolute atomic E-state index is 7.15. The SMILES string of the molecule is c1ccc2c(c1)Oc1ccccc1N2c1ccc2c(c1)Oc1cccc(-n3c4ccccc4c4ccccc43)c1C21c2cccnc2-c2ncccc21. The molecule has 1 aliphatic carbocycles. The molecule has 248 valence electrons. The molecule has 5 heterocycles. The summed E-state index contributed by atoms with van der Waals surface area (Å²) in [4.78, 5) is 12.3. The average molecular weight is 681 g/mol. The van der Waals surface area contributed by atoms with E-state index in [0.29, 0.717) is 0 Å². The lowest BCUT2D eigenvalue weighted by Gasteiger charge is -2.41. The van der Waals surface area contributed by atoms with Crippen molar-refractivity contribution in [3.63, 3.8) is 0 Å². The molecule has 1 spiro atoms. The zero-order valence-corrected chi connectivity index (χ0v) is 28.3. The van der Waals surface area contributed by atoms with Crippen LogP contribution in [0.3, 0.4) is 0 Å². The number of benzene rings is 6. The van der Waals surface area contributed by atoms with Crippen LogP contribution >= 0.6 is 0 Å². The molecule has 6 nitrogen and oxygen atoms in total. The van der Waals surface area contributed by atoms with E-state index >= 15 is 0 Å². The molecule has 53 heavy (non-hydrogen) atoms. The van der Waals surface area contributed by atoms with Gasteiger partial charge in [-0.15, -0.1) is 0 Å². The Balaban J connectivity index is 1.18. The van der Waals surface area contributed by atoms with E-state index in [1.807, 2.05) is 60.9 Å². The fourth-order valence-corrected chi connectivity index (χ4v) is 9.13. The quantitative estimate of drug-likeness (QED) is 0.182. The van der Waals surface area contributed by atoms with Gasteiger partial charge in [-0.2, -0.15) is 0 Å². The highest BCUT2D eigenvalue weighted by Crippen LogP contribution is 2.63. The molecule has 0 radical (unpaired) electrons. The Kier molecular flexibility index (Phi) is 5.61. The summed E-state index contributed by atoms with van der Waals surface area (Å²) in [5.41, 5.74) is 11.5. The van der Waals surface area contributed by atoms with E-state index in [2.05, 4.69) is 119 Å². The van der Waals surface area contributed by atoms with Crippen molar-refractivity contribution in [1.29, 1.82) is 0 Å². The monoisotopic (exact) mass is 680 g/mol. The van der Waals surface area contributed by atoms with Gasteiger partial charge in [-0.05, 0) is 77.9 Å². The molecule has 3 aromatic heterocycles. The maximum atomic E-state index is 7.15. The normalized spacial score (nSPS) is 14.1. The van der Waals surface area contributed by atoms with Gasteiger partial charge in [0.1, 0.15) is 11.5 Å². The summed E-state index contributed by atoms with van der Waals surface area (Å²) in [5.74, 6) is 3.18. The molecular weight excluding hydrogens is 653 g/mol. The molecule has 0 amide bonds. The van der Waals surface area contributed by atoms with Crippen molar-refractivity contribution >= 4 is 38.9 Å². The third-order valence-corrected chi connectivity index (χ3v) is 11.1. The molecule has 9 aromatic rings. The standard InChI is InChI=1S/C47H28N4O2/c1-3-16-35-30(12-1)31-13-2-4-17-36(31)51(35)39-20-9-23-42-44(39)47(33-14-10-26-48-45(33)46-34(47)15-11-27-49-46)32-25-24-29(28-43(32)53-42)50-37-18-5-7-21-40(37)52-41-22-8-6-19-38(41)50/h1-28H. The van der Waals surface area contributed by atoms with Gasteiger partial charge < -0.3 is 18.9 Å². The number of rotatable bonds is 2. The summed E-state index contributed by atoms with van der Waals surface area (Å²) < 4.78 is 15.9. The number of aromatic nitrogens is 3. The molecule has 0 unspecified atom stereocenters. The molecular formula is C47H28N4O2. The first kappa shape index (κ1) is 28.5. The van der Waals surface area contributed by atoms with Gasteiger partial charge in [0.2, 0.25) is 0 Å². The zero-order valence-electron chi connectivity index (χ0n) is 28.3. The Labute approximate surface area is 304 Å². The molecule has 0 N–H and O–H groups in total. The van der Waals surface area contributed by atoms with E-state index in [-0.39, 0.29) is 0 Å². The third kappa shape index (κ3) is 3.66. The first-order chi connectivity index (χ1) is 26.3. The van der Waals surface area contributed by atoms with Gasteiger partial charge in [-0.25, -0.2) is 0 Å². The van der Waals surface area contributed by atoms with Crippen LogP contribution < -0.4 is 14.4 Å². The zero-order chi connectivity index (χ0) is 34.7. The van der Waals surface area contributed by atoms with Crippen LogP contribution in [0.25, 0.3) is 38.9 Å². The second-order valence-corrected chi connectivity index (χ2v) is 13.7. The Morgan fingerprint density at radius 1 is 0.434 bits per heavy atom. The van der Waals surface area contributed by atoms with Gasteiger partial charge in [-0.3, -0.25) is 9.97 Å². The van der Waals surface area contributed by atoms with E-state index in [1.54, 1.807) is 0 Å². The van der Waals surface area contributed by atoms with Crippen LogP contribution in [0.5, 0.6) is 23.0 Å². The van der Waals surface area contributed by atoms with Gasteiger partial charge in [-0.1, -0.05) is 84.9 Å². The van der Waals surface area contributed by atoms with Crippen molar-refractivity contribution < 1.29 is 9.47 Å². The van der Waals surface area contributed by atoms with Crippen LogP contribution in [0.1, 0.15) is 22.3 Å². The minimum absolute atomic E-state index is 0.779. The van der Waals surface area contributed by atoms with Gasteiger partial charge in [0.05, 0.1) is 50.6 Å². The second kappa shape index (κ2) is 10.4. The van der Waals surface area contributed by atoms with Crippen molar-refractivity contribution in [3.8, 4) is 40.1 Å². The van der Waals surface area contributed by atoms with Crippen LogP contribution in [0.4, 0.5) is 17.1 Å². The van der Waals surface area contributed by atoms with Crippen molar-refractivity contribution in [3.05, 3.63) is 192 Å². The highest BCUT2D eigenvalue weighted by atomic mass is 16.5. The second-order valence-electron chi connectivity index (χ2n) is 13.7. The van der Waals surface area contributed by atoms with E-state index < -0.39 is 5.41 Å². The number of nitrogens with zero attached hydrogens (tertiary/aromatic N) is 4. The lowest BCUT2D eigenvalue weighted by molar-refractivity contribution is 0.435. The molecule has 0 fully saturated rings. The summed E-state index contributed by atoms with van der Waals surface area (Å²) in [5, 5.41) is 2.41. The summed E-state index contributed by atoms with van der Waals surface area (Å²) in [7, 11) is 0. The Morgan fingerprint density at radius 3 is 1.64 bits per heavy atom. The van der Waals surface area contributed by atoms with Gasteiger partial charge in [0, 0.05) is 40.4 Å². The fraction of sp³-hybridized carbons (Fsp3) is 0.0213. The predicted octanol–water partition coefficient (Wildman–Crippen LogP) is 11.6. The number of ether oxygens (including phenoxy) is 2. The number of hydrogen-bond acceptors (Lipinski definition) is 5. The fourth-order valence-electron chi connectivity index (χ4n) is 9.13. The average Bonchev–Trinajstić information content (AvgIpc) is 3.70. The lowest BCUT2D eigenvalue weighted by atomic mass is 9.65. The molecule has 0 bridgehead atoms. The first-order valence-corrected chi connectivity index (χ1v) is 17.8. The van der Waals surface area contributed by atoms with Gasteiger partial charge >= 0.3 is 0 Å². The van der Waals surface area contributed by atoms with Crippen molar-refractivity contribution in [2.24, 2.45) is 0 Å². The Hall–Kier alpha value is -7.18. The van der Waals surface area contributed by atoms with Crippen molar-refractivity contribution in [2.75, 3.05) is 4.90 Å². The Morgan fingerprint density at radius 2 is 0.981 bits per heavy atom. The smallest absolute Gasteiger partial charge is 0.151 e. The van der Waals surface area contributed by atoms with Crippen LogP contribution in [0.15, 0.2) is 170 Å². The van der Waals surface area contributed by atoms with Crippen LogP contribution in [0.2, 0.25) is 0 Å². The topological polar surface area (TPSA) is 52.4 Å². The number of pyridine rings is 2. The predicted molar refractivity (Wildman–Crippen MR) is 209 cm³/mol. The highest BCUT2D eigenvalue weighted by Gasteiger charge is 2.54. The van der Waals surface area contributed by atoms with E-state index in [9.17, 15) is 0 Å². The number of anilines is 3. The molecule has 6 aromatic carbocycles. The molecule has 12 rings (SSSR count). The minimum atomic E-state index is -0.779. The highest BCUT2D eigenvalue weighted by molar-refractivity contribution is 6.09. The van der Waals surface area contributed by atoms with E-state index in [1.165, 1.54) is 10.8 Å². The van der Waals surface area contributed by atoms with Gasteiger partial charge in [0.25, 0.3) is 0 Å². The largest absolute Gasteiger partial charge is 0.457 e. The third-order valence-electron chi connectivity index (χ3n) is 11.1. The Bertz CT molecular complexity index is 2860. The molecule has 0 atom stereocenters. The molecule has 2 aliphatic heterocycles. The molecule has 3 aliphatic rings. The molecule has 6 heteroatoms. The maximum Gasteiger partial charge on any atom is 0.151 e. The number of fused-ring (bicyclic) bond motifs is 14. The summed E-state index contributed by atoms with van der Waals surface area (Å²) in [6.45, 7) is 0. The van der Waals surface area contributed by atoms with Crippen LogP contribution in [-0.4, -0.2) is 14.5 Å². The van der Waals surface area contributed by atoms with E-state index in [4.69, 9.17) is 19.4 Å². The first-order valence-electron chi connectivity index (χ1n) is 17.8.